The van der Waals surface area contributed by atoms with Crippen LogP contribution in [0.3, 0.4) is 0 Å². The van der Waals surface area contributed by atoms with Crippen molar-refractivity contribution in [2.75, 3.05) is 26.3 Å². The van der Waals surface area contributed by atoms with Crippen molar-refractivity contribution in [2.24, 2.45) is 17.8 Å². The Morgan fingerprint density at radius 3 is 2.71 bits per heavy atom. The van der Waals surface area contributed by atoms with Crippen LogP contribution in [0.5, 0.6) is 5.75 Å². The highest BCUT2D eigenvalue weighted by molar-refractivity contribution is 8.00. The molecule has 2 heterocycles. The number of aromatic nitrogens is 3. The molecule has 2 bridgehead atoms. The predicted octanol–water partition coefficient (Wildman–Crippen LogP) is 4.33. The zero-order valence-electron chi connectivity index (χ0n) is 19.9. The van der Waals surface area contributed by atoms with E-state index in [4.69, 9.17) is 9.47 Å². The van der Waals surface area contributed by atoms with Crippen molar-refractivity contribution in [2.45, 2.75) is 62.6 Å². The van der Waals surface area contributed by atoms with Crippen LogP contribution in [-0.2, 0) is 16.1 Å². The number of carbonyl (C=O) groups excluding carboxylic acids is 1. The maximum absolute atomic E-state index is 14.1. The minimum atomic E-state index is -0.394. The Hall–Kier alpha value is -2.13. The third-order valence-electron chi connectivity index (χ3n) is 7.70. The van der Waals surface area contributed by atoms with Gasteiger partial charge in [-0.1, -0.05) is 30.3 Å². The van der Waals surface area contributed by atoms with Gasteiger partial charge in [-0.3, -0.25) is 9.36 Å². The smallest absolute Gasteiger partial charge is 0.236 e. The summed E-state index contributed by atoms with van der Waals surface area (Å²) in [6, 6.07) is 6.59. The minimum Gasteiger partial charge on any atom is -0.483 e. The molecule has 0 N–H and O–H groups in total. The summed E-state index contributed by atoms with van der Waals surface area (Å²) in [7, 11) is 0. The molecule has 2 saturated carbocycles. The number of ether oxygens (including phenoxy) is 2. The van der Waals surface area contributed by atoms with Gasteiger partial charge in [0.25, 0.3) is 0 Å². The molecule has 0 radical (unpaired) electrons. The van der Waals surface area contributed by atoms with Gasteiger partial charge in [0.05, 0.1) is 18.5 Å². The van der Waals surface area contributed by atoms with E-state index >= 15 is 0 Å². The molecule has 5 rings (SSSR count). The largest absolute Gasteiger partial charge is 0.483 e. The average molecular weight is 489 g/mol. The Balaban J connectivity index is 1.36. The number of amides is 1. The molecule has 7 nitrogen and oxygen atoms in total. The topological polar surface area (TPSA) is 69.5 Å². The Labute approximate surface area is 204 Å². The number of benzene rings is 1. The average Bonchev–Trinajstić information content (AvgIpc) is 3.59. The van der Waals surface area contributed by atoms with Crippen molar-refractivity contribution in [1.29, 1.82) is 0 Å². The molecule has 34 heavy (non-hydrogen) atoms. The molecule has 5 atom stereocenters. The number of nitrogens with zero attached hydrogens (tertiary/aromatic N) is 4. The minimum absolute atomic E-state index is 0.0968. The second-order valence-electron chi connectivity index (χ2n) is 9.76. The zero-order chi connectivity index (χ0) is 23.7. The molecule has 3 fully saturated rings. The molecular formula is C25H33FN4O3S. The van der Waals surface area contributed by atoms with E-state index in [-0.39, 0.29) is 29.6 Å². The van der Waals surface area contributed by atoms with Crippen LogP contribution in [0.4, 0.5) is 4.39 Å². The molecule has 2 aliphatic carbocycles. The van der Waals surface area contributed by atoms with Gasteiger partial charge in [-0.25, -0.2) is 4.39 Å². The summed E-state index contributed by atoms with van der Waals surface area (Å²) in [4.78, 5) is 14.9. The molecular weight excluding hydrogens is 455 g/mol. The van der Waals surface area contributed by atoms with Crippen LogP contribution in [0.1, 0.15) is 51.4 Å². The first-order valence-electron chi connectivity index (χ1n) is 12.4. The van der Waals surface area contributed by atoms with Crippen LogP contribution < -0.4 is 4.74 Å². The fourth-order valence-corrected chi connectivity index (χ4v) is 6.96. The maximum atomic E-state index is 14.1. The van der Waals surface area contributed by atoms with E-state index in [1.54, 1.807) is 18.2 Å². The highest BCUT2D eigenvalue weighted by atomic mass is 32.2. The molecule has 1 aliphatic heterocycles. The molecule has 1 amide bonds. The molecule has 1 aromatic carbocycles. The predicted molar refractivity (Wildman–Crippen MR) is 127 cm³/mol. The van der Waals surface area contributed by atoms with Gasteiger partial charge in [0.15, 0.2) is 22.5 Å². The molecule has 1 saturated heterocycles. The normalized spacial score (nSPS) is 26.0. The van der Waals surface area contributed by atoms with Crippen LogP contribution in [0.25, 0.3) is 0 Å². The second kappa shape index (κ2) is 10.2. The van der Waals surface area contributed by atoms with E-state index in [0.717, 1.165) is 17.0 Å². The number of carbonyl (C=O) groups is 1. The lowest BCUT2D eigenvalue weighted by Crippen LogP contribution is -2.44. The van der Waals surface area contributed by atoms with Crippen LogP contribution >= 0.6 is 11.8 Å². The van der Waals surface area contributed by atoms with Gasteiger partial charge in [0, 0.05) is 19.1 Å². The monoisotopic (exact) mass is 488 g/mol. The number of morpholine rings is 1. The lowest BCUT2D eigenvalue weighted by Gasteiger charge is -2.31. The summed E-state index contributed by atoms with van der Waals surface area (Å²) < 4.78 is 27.5. The van der Waals surface area contributed by atoms with E-state index in [1.165, 1.54) is 43.5 Å². The number of hydrogen-bond acceptors (Lipinski definition) is 6. The van der Waals surface area contributed by atoms with Gasteiger partial charge >= 0.3 is 0 Å². The third-order valence-corrected chi connectivity index (χ3v) is 8.75. The summed E-state index contributed by atoms with van der Waals surface area (Å²) in [5.74, 6) is 2.69. The molecule has 0 unspecified atom stereocenters. The van der Waals surface area contributed by atoms with Gasteiger partial charge in [0.2, 0.25) is 5.91 Å². The number of halogens is 1. The van der Waals surface area contributed by atoms with Crippen LogP contribution in [0, 0.1) is 23.6 Å². The molecule has 3 aliphatic rings. The molecule has 0 spiro atoms. The standard InChI is InChI=1S/C25H33FN4O3S/c1-16(20-14-18-7-8-19(20)13-18)30-23(15-33-22-6-4-3-5-21(22)26)27-28-25(30)34-17(2)24(31)29-9-11-32-12-10-29/h3-6,16-20H,7-15H2,1-2H3/t16-,17+,18+,19+,20-/m0/s1. The van der Waals surface area contributed by atoms with E-state index in [0.29, 0.717) is 38.0 Å². The first kappa shape index (κ1) is 23.6. The van der Waals surface area contributed by atoms with Crippen LogP contribution in [-0.4, -0.2) is 57.1 Å². The Kier molecular flexibility index (Phi) is 7.11. The lowest BCUT2D eigenvalue weighted by atomic mass is 9.84. The first-order valence-corrected chi connectivity index (χ1v) is 13.2. The Bertz CT molecular complexity index is 1010. The first-order chi connectivity index (χ1) is 16.5. The molecule has 9 heteroatoms. The summed E-state index contributed by atoms with van der Waals surface area (Å²) in [6.07, 6.45) is 5.17. The quantitative estimate of drug-likeness (QED) is 0.515. The van der Waals surface area contributed by atoms with Crippen LogP contribution in [0.15, 0.2) is 29.4 Å². The fraction of sp³-hybridized carbons (Fsp3) is 0.640. The van der Waals surface area contributed by atoms with E-state index in [2.05, 4.69) is 21.7 Å². The van der Waals surface area contributed by atoms with Crippen molar-refractivity contribution in [3.05, 3.63) is 35.9 Å². The summed E-state index contributed by atoms with van der Waals surface area (Å²) in [5, 5.41) is 9.37. The van der Waals surface area contributed by atoms with Gasteiger partial charge in [-0.05, 0) is 63.0 Å². The Morgan fingerprint density at radius 1 is 1.21 bits per heavy atom. The van der Waals surface area contributed by atoms with Crippen molar-refractivity contribution in [3.8, 4) is 5.75 Å². The summed E-state index contributed by atoms with van der Waals surface area (Å²) in [6.45, 7) is 6.71. The van der Waals surface area contributed by atoms with E-state index < -0.39 is 5.82 Å². The van der Waals surface area contributed by atoms with Crippen molar-refractivity contribution < 1.29 is 18.7 Å². The molecule has 184 valence electrons. The van der Waals surface area contributed by atoms with Crippen molar-refractivity contribution in [3.63, 3.8) is 0 Å². The number of rotatable bonds is 8. The third kappa shape index (κ3) is 4.82. The van der Waals surface area contributed by atoms with Crippen LogP contribution in [0.2, 0.25) is 0 Å². The maximum Gasteiger partial charge on any atom is 0.236 e. The molecule has 1 aromatic heterocycles. The SMILES string of the molecule is C[C@@H](Sc1nnc(COc2ccccc2F)n1[C@@H](C)[C@@H]1C[C@@H]2CC[C@@H]1C2)C(=O)N1CCOCC1. The fourth-order valence-electron chi connectivity index (χ4n) is 5.92. The van der Waals surface area contributed by atoms with Gasteiger partial charge < -0.3 is 14.4 Å². The van der Waals surface area contributed by atoms with Gasteiger partial charge in [-0.15, -0.1) is 10.2 Å². The summed E-state index contributed by atoms with van der Waals surface area (Å²) >= 11 is 1.45. The number of thioether (sulfide) groups is 1. The number of para-hydroxylation sites is 1. The number of fused-ring (bicyclic) bond motifs is 2. The number of hydrogen-bond donors (Lipinski definition) is 0. The van der Waals surface area contributed by atoms with Gasteiger partial charge in [-0.2, -0.15) is 0 Å². The molecule has 2 aromatic rings. The second-order valence-corrected chi connectivity index (χ2v) is 11.1. The highest BCUT2D eigenvalue weighted by Crippen LogP contribution is 2.52. The van der Waals surface area contributed by atoms with Crippen molar-refractivity contribution >= 4 is 17.7 Å². The van der Waals surface area contributed by atoms with E-state index in [1.807, 2.05) is 11.8 Å². The van der Waals surface area contributed by atoms with E-state index in [9.17, 15) is 9.18 Å². The summed E-state index contributed by atoms with van der Waals surface area (Å²) in [5.41, 5.74) is 0. The lowest BCUT2D eigenvalue weighted by molar-refractivity contribution is -0.134. The highest BCUT2D eigenvalue weighted by Gasteiger charge is 2.43. The van der Waals surface area contributed by atoms with Gasteiger partial charge in [0.1, 0.15) is 6.61 Å². The van der Waals surface area contributed by atoms with Crippen molar-refractivity contribution in [1.82, 2.24) is 19.7 Å². The Morgan fingerprint density at radius 2 is 2.00 bits per heavy atom. The zero-order valence-corrected chi connectivity index (χ0v) is 20.7.